The molecule has 0 amide bonds. The smallest absolute Gasteiger partial charge is 0.214 e. The molecule has 2 rings (SSSR count). The number of fused-ring (bicyclic) bond motifs is 1. The van der Waals surface area contributed by atoms with E-state index in [-0.39, 0.29) is 11.8 Å². The largest absolute Gasteiger partial charge is 0.314 e. The minimum atomic E-state index is -3.15. The van der Waals surface area contributed by atoms with Gasteiger partial charge in [-0.3, -0.25) is 0 Å². The predicted molar refractivity (Wildman–Crippen MR) is 84.7 cm³/mol. The van der Waals surface area contributed by atoms with Gasteiger partial charge in [0.25, 0.3) is 0 Å². The molecule has 1 N–H and O–H groups in total. The van der Waals surface area contributed by atoms with Gasteiger partial charge < -0.3 is 5.32 Å². The third-order valence-corrected chi connectivity index (χ3v) is 6.72. The molecule has 20 heavy (non-hydrogen) atoms. The van der Waals surface area contributed by atoms with Gasteiger partial charge in [0.05, 0.1) is 5.75 Å². The van der Waals surface area contributed by atoms with Crippen molar-refractivity contribution in [3.63, 3.8) is 0 Å². The lowest BCUT2D eigenvalue weighted by molar-refractivity contribution is 0.328. The van der Waals surface area contributed by atoms with E-state index < -0.39 is 10.0 Å². The van der Waals surface area contributed by atoms with Crippen LogP contribution in [0.3, 0.4) is 0 Å². The van der Waals surface area contributed by atoms with Crippen molar-refractivity contribution in [3.05, 3.63) is 21.9 Å². The molecular weight excluding hydrogens is 292 g/mol. The van der Waals surface area contributed by atoms with E-state index in [1.165, 1.54) is 10.4 Å². The Hall–Kier alpha value is -0.430. The maximum atomic E-state index is 12.5. The highest BCUT2D eigenvalue weighted by Crippen LogP contribution is 2.34. The first-order chi connectivity index (χ1) is 9.42. The van der Waals surface area contributed by atoms with Crippen LogP contribution in [0.25, 0.3) is 0 Å². The fourth-order valence-electron chi connectivity index (χ4n) is 2.63. The van der Waals surface area contributed by atoms with E-state index in [0.29, 0.717) is 19.0 Å². The molecule has 1 unspecified atom stereocenters. The molecule has 4 nitrogen and oxygen atoms in total. The van der Waals surface area contributed by atoms with E-state index in [1.807, 2.05) is 6.92 Å². The highest BCUT2D eigenvalue weighted by atomic mass is 32.2. The number of rotatable bonds is 6. The van der Waals surface area contributed by atoms with Crippen LogP contribution in [0.1, 0.15) is 43.7 Å². The molecule has 114 valence electrons. The van der Waals surface area contributed by atoms with Gasteiger partial charge in [-0.05, 0) is 43.3 Å². The molecule has 0 spiro atoms. The first kappa shape index (κ1) is 15.9. The van der Waals surface area contributed by atoms with Crippen LogP contribution >= 0.6 is 11.3 Å². The van der Waals surface area contributed by atoms with Crippen LogP contribution in [0.5, 0.6) is 0 Å². The zero-order valence-electron chi connectivity index (χ0n) is 12.4. The lowest BCUT2D eigenvalue weighted by Gasteiger charge is -2.32. The lowest BCUT2D eigenvalue weighted by Crippen LogP contribution is -2.40. The van der Waals surface area contributed by atoms with E-state index in [4.69, 9.17) is 0 Å². The molecule has 1 atom stereocenters. The molecule has 1 aromatic rings. The van der Waals surface area contributed by atoms with Crippen LogP contribution in [0.2, 0.25) is 0 Å². The van der Waals surface area contributed by atoms with Crippen LogP contribution in [0, 0.1) is 0 Å². The summed E-state index contributed by atoms with van der Waals surface area (Å²) in [4.78, 5) is 1.34. The topological polar surface area (TPSA) is 49.4 Å². The third kappa shape index (κ3) is 3.61. The summed E-state index contributed by atoms with van der Waals surface area (Å²) in [6.45, 7) is 7.50. The highest BCUT2D eigenvalue weighted by molar-refractivity contribution is 7.89. The summed E-state index contributed by atoms with van der Waals surface area (Å²) in [7, 11) is -3.15. The number of nitrogens with zero attached hydrogens (tertiary/aromatic N) is 1. The normalized spacial score (nSPS) is 20.3. The molecule has 0 saturated heterocycles. The summed E-state index contributed by atoms with van der Waals surface area (Å²) in [5, 5.41) is 5.32. The van der Waals surface area contributed by atoms with E-state index in [2.05, 4.69) is 30.6 Å². The van der Waals surface area contributed by atoms with Crippen LogP contribution in [0.15, 0.2) is 11.4 Å². The summed E-state index contributed by atoms with van der Waals surface area (Å²) < 4.78 is 26.6. The Bertz CT molecular complexity index is 537. The maximum Gasteiger partial charge on any atom is 0.214 e. The van der Waals surface area contributed by atoms with Gasteiger partial charge >= 0.3 is 0 Å². The number of hydrogen-bond acceptors (Lipinski definition) is 4. The molecule has 1 aliphatic rings. The Morgan fingerprint density at radius 1 is 1.50 bits per heavy atom. The lowest BCUT2D eigenvalue weighted by atomic mass is 10.0. The van der Waals surface area contributed by atoms with Gasteiger partial charge in [0, 0.05) is 23.5 Å². The molecule has 0 saturated carbocycles. The summed E-state index contributed by atoms with van der Waals surface area (Å²) in [6, 6.07) is 2.44. The molecule has 1 aliphatic heterocycles. The molecule has 0 bridgehead atoms. The maximum absolute atomic E-state index is 12.5. The molecule has 0 aromatic carbocycles. The van der Waals surface area contributed by atoms with Crippen molar-refractivity contribution < 1.29 is 8.42 Å². The number of sulfonamides is 1. The summed E-state index contributed by atoms with van der Waals surface area (Å²) in [6.07, 6.45) is 1.51. The van der Waals surface area contributed by atoms with Crippen LogP contribution < -0.4 is 5.32 Å². The molecule has 0 fully saturated rings. The van der Waals surface area contributed by atoms with Gasteiger partial charge in [-0.15, -0.1) is 11.3 Å². The Kier molecular flexibility index (Phi) is 5.23. The van der Waals surface area contributed by atoms with Crippen LogP contribution in [-0.4, -0.2) is 37.6 Å². The Balaban J connectivity index is 1.97. The molecule has 0 aliphatic carbocycles. The zero-order valence-corrected chi connectivity index (χ0v) is 14.1. The van der Waals surface area contributed by atoms with Gasteiger partial charge in [0.1, 0.15) is 0 Å². The first-order valence-electron chi connectivity index (χ1n) is 7.21. The fraction of sp³-hybridized carbons (Fsp3) is 0.714. The van der Waals surface area contributed by atoms with Crippen molar-refractivity contribution in [2.45, 2.75) is 45.7 Å². The van der Waals surface area contributed by atoms with E-state index in [0.717, 1.165) is 13.0 Å². The summed E-state index contributed by atoms with van der Waals surface area (Å²) in [5.74, 6) is 0.233. The SMILES string of the molecule is CC(C)NCCCS(=O)(=O)N1CCc2sccc2C1C. The van der Waals surface area contributed by atoms with Crippen molar-refractivity contribution in [1.82, 2.24) is 9.62 Å². The minimum Gasteiger partial charge on any atom is -0.314 e. The van der Waals surface area contributed by atoms with Gasteiger partial charge in [0.15, 0.2) is 0 Å². The number of thiophene rings is 1. The molecule has 6 heteroatoms. The van der Waals surface area contributed by atoms with Crippen molar-refractivity contribution in [1.29, 1.82) is 0 Å². The Labute approximate surface area is 126 Å². The Morgan fingerprint density at radius 2 is 2.25 bits per heavy atom. The predicted octanol–water partition coefficient (Wildman–Crippen LogP) is 2.39. The molecular formula is C14H24N2O2S2. The Morgan fingerprint density at radius 3 is 2.95 bits per heavy atom. The standard InChI is InChI=1S/C14H24N2O2S2/c1-11(2)15-7-4-10-20(17,18)16-8-5-14-13(12(16)3)6-9-19-14/h6,9,11-12,15H,4-5,7-8,10H2,1-3H3. The van der Waals surface area contributed by atoms with Gasteiger partial charge in [-0.1, -0.05) is 13.8 Å². The summed E-state index contributed by atoms with van der Waals surface area (Å²) >= 11 is 1.73. The molecule has 1 aromatic heterocycles. The van der Waals surface area contributed by atoms with Crippen LogP contribution in [0.4, 0.5) is 0 Å². The fourth-order valence-corrected chi connectivity index (χ4v) is 5.30. The monoisotopic (exact) mass is 316 g/mol. The van der Waals surface area contributed by atoms with Crippen LogP contribution in [-0.2, 0) is 16.4 Å². The number of nitrogens with one attached hydrogen (secondary N) is 1. The van der Waals surface area contributed by atoms with Gasteiger partial charge in [-0.25, -0.2) is 8.42 Å². The van der Waals surface area contributed by atoms with E-state index in [1.54, 1.807) is 15.6 Å². The quantitative estimate of drug-likeness (QED) is 0.820. The highest BCUT2D eigenvalue weighted by Gasteiger charge is 2.32. The molecule has 0 radical (unpaired) electrons. The van der Waals surface area contributed by atoms with E-state index >= 15 is 0 Å². The number of hydrogen-bond donors (Lipinski definition) is 1. The van der Waals surface area contributed by atoms with Gasteiger partial charge in [0.2, 0.25) is 10.0 Å². The average molecular weight is 316 g/mol. The van der Waals surface area contributed by atoms with Crippen molar-refractivity contribution in [2.24, 2.45) is 0 Å². The minimum absolute atomic E-state index is 0.0203. The third-order valence-electron chi connectivity index (χ3n) is 3.71. The van der Waals surface area contributed by atoms with Crippen molar-refractivity contribution in [2.75, 3.05) is 18.8 Å². The van der Waals surface area contributed by atoms with Crippen molar-refractivity contribution in [3.8, 4) is 0 Å². The second-order valence-electron chi connectivity index (χ2n) is 5.61. The van der Waals surface area contributed by atoms with Crippen molar-refractivity contribution >= 4 is 21.4 Å². The second kappa shape index (κ2) is 6.56. The van der Waals surface area contributed by atoms with E-state index in [9.17, 15) is 8.42 Å². The first-order valence-corrected chi connectivity index (χ1v) is 9.70. The second-order valence-corrected chi connectivity index (χ2v) is 8.66. The zero-order chi connectivity index (χ0) is 14.8. The average Bonchev–Trinajstić information content (AvgIpc) is 2.84. The van der Waals surface area contributed by atoms with Gasteiger partial charge in [-0.2, -0.15) is 4.31 Å². The summed E-state index contributed by atoms with van der Waals surface area (Å²) in [5.41, 5.74) is 1.19. The molecule has 2 heterocycles.